The van der Waals surface area contributed by atoms with Crippen molar-refractivity contribution in [2.24, 2.45) is 4.99 Å². The smallest absolute Gasteiger partial charge is 0.341 e. The highest BCUT2D eigenvalue weighted by atomic mass is 16.5. The number of hydrogen-bond donors (Lipinski definition) is 2. The van der Waals surface area contributed by atoms with Gasteiger partial charge in [-0.2, -0.15) is 4.99 Å². The lowest BCUT2D eigenvalue weighted by Crippen LogP contribution is -2.39. The van der Waals surface area contributed by atoms with Gasteiger partial charge in [0.2, 0.25) is 5.96 Å². The Morgan fingerprint density at radius 1 is 1.22 bits per heavy atom. The summed E-state index contributed by atoms with van der Waals surface area (Å²) in [6, 6.07) is 6.41. The molecule has 4 rings (SSSR count). The SMILES string of the molecule is CCOC(=O)c1cncc2c1N1/C(=N/C(=O)c3cccc(c3)C(=O)NCCCC[C@@H]1C)N2. The molecule has 3 heterocycles. The average molecular weight is 435 g/mol. The first-order valence-corrected chi connectivity index (χ1v) is 10.7. The Labute approximate surface area is 185 Å². The number of anilines is 2. The summed E-state index contributed by atoms with van der Waals surface area (Å²) in [5, 5.41) is 6.03. The molecule has 0 saturated carbocycles. The van der Waals surface area contributed by atoms with Gasteiger partial charge in [0.15, 0.2) is 0 Å². The van der Waals surface area contributed by atoms with Crippen LogP contribution in [-0.4, -0.2) is 47.9 Å². The van der Waals surface area contributed by atoms with Gasteiger partial charge in [0.1, 0.15) is 5.56 Å². The number of amides is 2. The molecular formula is C23H25N5O4. The van der Waals surface area contributed by atoms with E-state index in [0.29, 0.717) is 40.6 Å². The van der Waals surface area contributed by atoms with Crippen molar-refractivity contribution in [2.75, 3.05) is 23.4 Å². The molecule has 2 bridgehead atoms. The van der Waals surface area contributed by atoms with Crippen molar-refractivity contribution in [3.05, 3.63) is 53.3 Å². The number of pyridine rings is 1. The summed E-state index contributed by atoms with van der Waals surface area (Å²) in [5.41, 5.74) is 2.22. The quantitative estimate of drug-likeness (QED) is 0.697. The van der Waals surface area contributed by atoms with Crippen molar-refractivity contribution < 1.29 is 19.1 Å². The third kappa shape index (κ3) is 4.18. The molecule has 0 saturated heterocycles. The summed E-state index contributed by atoms with van der Waals surface area (Å²) in [4.78, 5) is 48.3. The zero-order chi connectivity index (χ0) is 22.7. The number of carbonyl (C=O) groups excluding carboxylic acids is 3. The van der Waals surface area contributed by atoms with Gasteiger partial charge in [0, 0.05) is 29.9 Å². The molecule has 0 fully saturated rings. The molecule has 2 N–H and O–H groups in total. The molecule has 2 aromatic rings. The summed E-state index contributed by atoms with van der Waals surface area (Å²) in [5.74, 6) is -0.860. The Hall–Kier alpha value is -3.75. The summed E-state index contributed by atoms with van der Waals surface area (Å²) in [6.07, 6.45) is 5.48. The van der Waals surface area contributed by atoms with Gasteiger partial charge in [0.05, 0.1) is 24.2 Å². The number of guanidine groups is 1. The number of rotatable bonds is 2. The highest BCUT2D eigenvalue weighted by Gasteiger charge is 2.35. The van der Waals surface area contributed by atoms with Crippen molar-refractivity contribution >= 4 is 35.1 Å². The Morgan fingerprint density at radius 3 is 2.84 bits per heavy atom. The van der Waals surface area contributed by atoms with E-state index in [2.05, 4.69) is 20.6 Å². The zero-order valence-corrected chi connectivity index (χ0v) is 18.1. The molecular weight excluding hydrogens is 410 g/mol. The summed E-state index contributed by atoms with van der Waals surface area (Å²) < 4.78 is 5.22. The highest BCUT2D eigenvalue weighted by Crippen LogP contribution is 2.38. The number of carbonyl (C=O) groups is 3. The van der Waals surface area contributed by atoms with Crippen LogP contribution in [0.1, 0.15) is 64.2 Å². The molecule has 9 heteroatoms. The van der Waals surface area contributed by atoms with Crippen LogP contribution in [-0.2, 0) is 4.74 Å². The van der Waals surface area contributed by atoms with Crippen LogP contribution in [0.2, 0.25) is 0 Å². The molecule has 1 aromatic heterocycles. The number of ether oxygens (including phenoxy) is 1. The maximum Gasteiger partial charge on any atom is 0.341 e. The first kappa shape index (κ1) is 21.5. The van der Waals surface area contributed by atoms with E-state index in [4.69, 9.17) is 4.74 Å². The molecule has 0 unspecified atom stereocenters. The van der Waals surface area contributed by atoms with Crippen LogP contribution in [0.25, 0.3) is 0 Å². The largest absolute Gasteiger partial charge is 0.462 e. The fraction of sp³-hybridized carbons (Fsp3) is 0.348. The highest BCUT2D eigenvalue weighted by molar-refractivity contribution is 6.22. The van der Waals surface area contributed by atoms with Crippen molar-refractivity contribution in [1.29, 1.82) is 0 Å². The van der Waals surface area contributed by atoms with E-state index in [9.17, 15) is 14.4 Å². The molecule has 0 spiro atoms. The molecule has 32 heavy (non-hydrogen) atoms. The lowest BCUT2D eigenvalue weighted by Gasteiger charge is -2.27. The van der Waals surface area contributed by atoms with Crippen LogP contribution in [0.5, 0.6) is 0 Å². The monoisotopic (exact) mass is 435 g/mol. The van der Waals surface area contributed by atoms with Gasteiger partial charge in [0.25, 0.3) is 11.8 Å². The summed E-state index contributed by atoms with van der Waals surface area (Å²) >= 11 is 0. The van der Waals surface area contributed by atoms with Crippen molar-refractivity contribution in [3.8, 4) is 0 Å². The van der Waals surface area contributed by atoms with Gasteiger partial charge in [-0.15, -0.1) is 0 Å². The molecule has 9 nitrogen and oxygen atoms in total. The second-order valence-electron chi connectivity index (χ2n) is 7.72. The van der Waals surface area contributed by atoms with Crippen molar-refractivity contribution in [1.82, 2.24) is 10.3 Å². The molecule has 166 valence electrons. The fourth-order valence-corrected chi connectivity index (χ4v) is 3.91. The zero-order valence-electron chi connectivity index (χ0n) is 18.1. The van der Waals surface area contributed by atoms with E-state index >= 15 is 0 Å². The van der Waals surface area contributed by atoms with Crippen LogP contribution in [0.4, 0.5) is 11.4 Å². The number of nitrogens with one attached hydrogen (secondary N) is 2. The first-order chi connectivity index (χ1) is 15.5. The maximum atomic E-state index is 13.0. The van der Waals surface area contributed by atoms with Gasteiger partial charge >= 0.3 is 5.97 Å². The first-order valence-electron chi connectivity index (χ1n) is 10.7. The van der Waals surface area contributed by atoms with Gasteiger partial charge in [-0.3, -0.25) is 14.6 Å². The lowest BCUT2D eigenvalue weighted by atomic mass is 10.1. The molecule has 2 aliphatic rings. The second kappa shape index (κ2) is 9.17. The third-order valence-corrected chi connectivity index (χ3v) is 5.48. The molecule has 1 aromatic carbocycles. The van der Waals surface area contributed by atoms with Crippen molar-refractivity contribution in [3.63, 3.8) is 0 Å². The van der Waals surface area contributed by atoms with E-state index in [1.807, 2.05) is 11.8 Å². The lowest BCUT2D eigenvalue weighted by molar-refractivity contribution is 0.0526. The van der Waals surface area contributed by atoms with Crippen LogP contribution >= 0.6 is 0 Å². The van der Waals surface area contributed by atoms with E-state index in [1.165, 1.54) is 12.3 Å². The number of benzene rings is 1. The van der Waals surface area contributed by atoms with Crippen LogP contribution < -0.4 is 15.5 Å². The van der Waals surface area contributed by atoms with Crippen LogP contribution in [0.3, 0.4) is 0 Å². The number of esters is 1. The van der Waals surface area contributed by atoms with E-state index in [1.54, 1.807) is 31.3 Å². The van der Waals surface area contributed by atoms with Gasteiger partial charge in [-0.1, -0.05) is 6.07 Å². The predicted octanol–water partition coefficient (Wildman–Crippen LogP) is 2.99. The minimum Gasteiger partial charge on any atom is -0.462 e. The molecule has 0 aliphatic carbocycles. The number of aliphatic imine (C=N–C) groups is 1. The van der Waals surface area contributed by atoms with Crippen molar-refractivity contribution in [2.45, 2.75) is 39.2 Å². The standard InChI is InChI=1S/C23H25N5O4/c1-3-32-22(31)17-12-24-13-18-19(17)28-14(2)7-4-5-10-25-20(29)15-8-6-9-16(11-15)21(30)27-23(28)26-18/h6,8-9,11-14H,3-5,7,10H2,1-2H3,(H,25,29)(H,26,27,30)/t14-/m0/s1. The normalized spacial score (nSPS) is 20.1. The van der Waals surface area contributed by atoms with Crippen LogP contribution in [0, 0.1) is 0 Å². The second-order valence-corrected chi connectivity index (χ2v) is 7.72. The van der Waals surface area contributed by atoms with Gasteiger partial charge < -0.3 is 20.3 Å². The Kier molecular flexibility index (Phi) is 6.16. The minimum atomic E-state index is -0.491. The summed E-state index contributed by atoms with van der Waals surface area (Å²) in [6.45, 7) is 4.54. The topological polar surface area (TPSA) is 113 Å². The van der Waals surface area contributed by atoms with Gasteiger partial charge in [-0.25, -0.2) is 4.79 Å². The van der Waals surface area contributed by atoms with E-state index < -0.39 is 11.9 Å². The number of aromatic nitrogens is 1. The van der Waals surface area contributed by atoms with E-state index in [-0.39, 0.29) is 18.6 Å². The molecule has 1 atom stereocenters. The maximum absolute atomic E-state index is 13.0. The molecule has 2 aliphatic heterocycles. The third-order valence-electron chi connectivity index (χ3n) is 5.48. The average Bonchev–Trinajstić information content (AvgIpc) is 3.16. The predicted molar refractivity (Wildman–Crippen MR) is 120 cm³/mol. The van der Waals surface area contributed by atoms with Crippen LogP contribution in [0.15, 0.2) is 41.7 Å². The Morgan fingerprint density at radius 2 is 2.03 bits per heavy atom. The number of nitrogens with zero attached hydrogens (tertiary/aromatic N) is 3. The Bertz CT molecular complexity index is 1100. The molecule has 2 amide bonds. The summed E-state index contributed by atoms with van der Waals surface area (Å²) in [7, 11) is 0. The Balaban J connectivity index is 1.79. The minimum absolute atomic E-state index is 0.0733. The van der Waals surface area contributed by atoms with E-state index in [0.717, 1.165) is 19.3 Å². The molecule has 0 radical (unpaired) electrons. The number of hydrogen-bond acceptors (Lipinski definition) is 7. The van der Waals surface area contributed by atoms with Gasteiger partial charge in [-0.05, 0) is 51.3 Å². The fourth-order valence-electron chi connectivity index (χ4n) is 3.91. The number of fused-ring (bicyclic) bond motifs is 5.